The molecule has 0 aromatic carbocycles. The monoisotopic (exact) mass is 330 g/mol. The highest BCUT2D eigenvalue weighted by Gasteiger charge is 2.35. The number of rotatable bonds is 4. The van der Waals surface area contributed by atoms with Crippen molar-refractivity contribution in [3.63, 3.8) is 0 Å². The minimum atomic E-state index is -0.622. The van der Waals surface area contributed by atoms with Crippen LogP contribution in [-0.4, -0.2) is 27.4 Å². The number of hydrogen-bond acceptors (Lipinski definition) is 5. The summed E-state index contributed by atoms with van der Waals surface area (Å²) in [6, 6.07) is 5.14. The van der Waals surface area contributed by atoms with Crippen molar-refractivity contribution < 1.29 is 4.92 Å². The molecular weight excluding hydrogens is 308 g/mol. The lowest BCUT2D eigenvalue weighted by molar-refractivity contribution is -0.385. The van der Waals surface area contributed by atoms with Gasteiger partial charge in [0.2, 0.25) is 5.82 Å². The van der Waals surface area contributed by atoms with Gasteiger partial charge in [-0.25, -0.2) is 4.98 Å². The summed E-state index contributed by atoms with van der Waals surface area (Å²) >= 11 is 0. The van der Waals surface area contributed by atoms with Crippen molar-refractivity contribution in [2.24, 2.45) is 5.41 Å². The number of nitrogens with zero attached hydrogens (tertiary/aromatic N) is 4. The molecule has 0 aliphatic carbocycles. The molecule has 1 aliphatic heterocycles. The van der Waals surface area contributed by atoms with Crippen molar-refractivity contribution >= 4 is 17.2 Å². The fraction of sp³-hybridized carbons (Fsp3) is 0.529. The lowest BCUT2D eigenvalue weighted by Gasteiger charge is -2.40. The van der Waals surface area contributed by atoms with E-state index in [4.69, 9.17) is 0 Å². The summed E-state index contributed by atoms with van der Waals surface area (Å²) < 4.78 is 1.23. The summed E-state index contributed by atoms with van der Waals surface area (Å²) in [5, 5.41) is 11.5. The molecule has 1 saturated heterocycles. The average Bonchev–Trinajstić information content (AvgIpc) is 2.54. The summed E-state index contributed by atoms with van der Waals surface area (Å²) in [7, 11) is 0. The van der Waals surface area contributed by atoms with E-state index in [2.05, 4.69) is 18.8 Å². The molecule has 1 aliphatic rings. The molecule has 24 heavy (non-hydrogen) atoms. The Morgan fingerprint density at radius 2 is 2.21 bits per heavy atom. The van der Waals surface area contributed by atoms with Gasteiger partial charge in [-0.15, -0.1) is 0 Å². The molecule has 1 fully saturated rings. The van der Waals surface area contributed by atoms with Crippen LogP contribution in [-0.2, 0) is 0 Å². The summed E-state index contributed by atoms with van der Waals surface area (Å²) in [6.07, 6.45) is 5.68. The molecule has 128 valence electrons. The number of pyridine rings is 1. The molecule has 3 rings (SSSR count). The summed E-state index contributed by atoms with van der Waals surface area (Å²) in [5.74, 6) is 0.207. The first-order chi connectivity index (χ1) is 11.4. The second kappa shape index (κ2) is 6.22. The van der Waals surface area contributed by atoms with Gasteiger partial charge in [0, 0.05) is 19.3 Å². The molecule has 3 heterocycles. The third-order valence-electron chi connectivity index (χ3n) is 4.81. The predicted molar refractivity (Wildman–Crippen MR) is 92.6 cm³/mol. The minimum Gasteiger partial charge on any atom is -0.350 e. The van der Waals surface area contributed by atoms with E-state index in [0.717, 1.165) is 25.7 Å². The van der Waals surface area contributed by atoms with E-state index in [0.29, 0.717) is 18.7 Å². The van der Waals surface area contributed by atoms with E-state index in [-0.39, 0.29) is 11.2 Å². The molecular formula is C17H22N4O3. The van der Waals surface area contributed by atoms with Crippen molar-refractivity contribution in [3.05, 3.63) is 44.9 Å². The van der Waals surface area contributed by atoms with E-state index >= 15 is 0 Å². The molecule has 0 bridgehead atoms. The second-order valence-corrected chi connectivity index (χ2v) is 6.86. The molecule has 7 nitrogen and oxygen atoms in total. The number of aromatic nitrogens is 2. The first-order valence-electron chi connectivity index (χ1n) is 8.36. The molecule has 2 aromatic rings. The lowest BCUT2D eigenvalue weighted by Crippen LogP contribution is -2.43. The molecule has 0 radical (unpaired) electrons. The molecule has 0 saturated carbocycles. The number of fused-ring (bicyclic) bond motifs is 1. The zero-order valence-corrected chi connectivity index (χ0v) is 14.1. The zero-order valence-electron chi connectivity index (χ0n) is 14.1. The SMILES string of the molecule is CCCC1(C)CCCN(c2nc3ccccn3c(=O)c2[N+](=O)[O-])C1. The molecule has 0 amide bonds. The Labute approximate surface area is 140 Å². The maximum absolute atomic E-state index is 12.6. The van der Waals surface area contributed by atoms with E-state index in [1.54, 1.807) is 18.2 Å². The van der Waals surface area contributed by atoms with Gasteiger partial charge in [0.1, 0.15) is 5.65 Å². The first-order valence-corrected chi connectivity index (χ1v) is 8.36. The third kappa shape index (κ3) is 2.86. The van der Waals surface area contributed by atoms with Crippen LogP contribution < -0.4 is 10.5 Å². The Hall–Kier alpha value is -2.44. The number of nitro groups is 1. The molecule has 2 aromatic heterocycles. The second-order valence-electron chi connectivity index (χ2n) is 6.86. The highest BCUT2D eigenvalue weighted by molar-refractivity contribution is 5.61. The van der Waals surface area contributed by atoms with Gasteiger partial charge >= 0.3 is 11.2 Å². The predicted octanol–water partition coefficient (Wildman–Crippen LogP) is 3.01. The van der Waals surface area contributed by atoms with Crippen LogP contribution in [0, 0.1) is 15.5 Å². The van der Waals surface area contributed by atoms with Crippen LogP contribution in [0.1, 0.15) is 39.5 Å². The van der Waals surface area contributed by atoms with Crippen LogP contribution in [0.3, 0.4) is 0 Å². The van der Waals surface area contributed by atoms with Crippen LogP contribution in [0.2, 0.25) is 0 Å². The number of hydrogen-bond donors (Lipinski definition) is 0. The Morgan fingerprint density at radius 1 is 1.42 bits per heavy atom. The molecule has 1 atom stereocenters. The smallest absolute Gasteiger partial charge is 0.350 e. The third-order valence-corrected chi connectivity index (χ3v) is 4.81. The Kier molecular flexibility index (Phi) is 4.26. The minimum absolute atomic E-state index is 0.102. The zero-order chi connectivity index (χ0) is 17.3. The quantitative estimate of drug-likeness (QED) is 0.636. The normalized spacial score (nSPS) is 21.2. The molecule has 0 N–H and O–H groups in total. The van der Waals surface area contributed by atoms with Crippen molar-refractivity contribution in [1.82, 2.24) is 9.38 Å². The Balaban J connectivity index is 2.13. The van der Waals surface area contributed by atoms with Crippen LogP contribution in [0.25, 0.3) is 5.65 Å². The maximum Gasteiger partial charge on any atom is 0.376 e. The van der Waals surface area contributed by atoms with Gasteiger partial charge in [0.25, 0.3) is 0 Å². The highest BCUT2D eigenvalue weighted by atomic mass is 16.6. The standard InChI is InChI=1S/C17H22N4O3/c1-3-8-17(2)9-6-10-19(12-17)15-14(21(23)24)16(22)20-11-5-4-7-13(20)18-15/h4-5,7,11H,3,6,8-10,12H2,1-2H3. The van der Waals surface area contributed by atoms with Gasteiger partial charge in [-0.05, 0) is 36.8 Å². The topological polar surface area (TPSA) is 80.8 Å². The van der Waals surface area contributed by atoms with Crippen LogP contribution >= 0.6 is 0 Å². The Morgan fingerprint density at radius 3 is 2.92 bits per heavy atom. The van der Waals surface area contributed by atoms with Crippen molar-refractivity contribution in [3.8, 4) is 0 Å². The van der Waals surface area contributed by atoms with E-state index in [1.807, 2.05) is 4.90 Å². The van der Waals surface area contributed by atoms with E-state index < -0.39 is 16.2 Å². The van der Waals surface area contributed by atoms with Crippen LogP contribution in [0.5, 0.6) is 0 Å². The van der Waals surface area contributed by atoms with Crippen LogP contribution in [0.4, 0.5) is 11.5 Å². The fourth-order valence-corrected chi connectivity index (χ4v) is 3.75. The highest BCUT2D eigenvalue weighted by Crippen LogP contribution is 2.37. The maximum atomic E-state index is 12.6. The summed E-state index contributed by atoms with van der Waals surface area (Å²) in [5.41, 5.74) is -0.515. The number of piperidine rings is 1. The van der Waals surface area contributed by atoms with Crippen molar-refractivity contribution in [1.29, 1.82) is 0 Å². The molecule has 7 heteroatoms. The Bertz CT molecular complexity index is 828. The lowest BCUT2D eigenvalue weighted by atomic mass is 9.78. The van der Waals surface area contributed by atoms with E-state index in [1.165, 1.54) is 10.6 Å². The fourth-order valence-electron chi connectivity index (χ4n) is 3.75. The molecule has 0 spiro atoms. The van der Waals surface area contributed by atoms with Gasteiger partial charge in [-0.1, -0.05) is 26.3 Å². The van der Waals surface area contributed by atoms with Gasteiger partial charge in [0.05, 0.1) is 4.92 Å². The van der Waals surface area contributed by atoms with Gasteiger partial charge in [0.15, 0.2) is 0 Å². The van der Waals surface area contributed by atoms with Gasteiger partial charge in [-0.2, -0.15) is 0 Å². The van der Waals surface area contributed by atoms with Crippen LogP contribution in [0.15, 0.2) is 29.2 Å². The van der Waals surface area contributed by atoms with Gasteiger partial charge in [-0.3, -0.25) is 19.3 Å². The largest absolute Gasteiger partial charge is 0.376 e. The van der Waals surface area contributed by atoms with Crippen molar-refractivity contribution in [2.45, 2.75) is 39.5 Å². The van der Waals surface area contributed by atoms with Crippen molar-refractivity contribution in [2.75, 3.05) is 18.0 Å². The first kappa shape index (κ1) is 16.4. The molecule has 1 unspecified atom stereocenters. The number of anilines is 1. The summed E-state index contributed by atoms with van der Waals surface area (Å²) in [6.45, 7) is 5.74. The average molecular weight is 330 g/mol. The summed E-state index contributed by atoms with van der Waals surface area (Å²) in [4.78, 5) is 29.9. The van der Waals surface area contributed by atoms with E-state index in [9.17, 15) is 14.9 Å². The van der Waals surface area contributed by atoms with Gasteiger partial charge < -0.3 is 4.90 Å².